The van der Waals surface area contributed by atoms with Crippen LogP contribution in [0.1, 0.15) is 6.42 Å². The predicted molar refractivity (Wildman–Crippen MR) is 59.8 cm³/mol. The Hall–Kier alpha value is -1.50. The van der Waals surface area contributed by atoms with Gasteiger partial charge in [-0.3, -0.25) is 10.1 Å². The maximum absolute atomic E-state index is 11.5. The van der Waals surface area contributed by atoms with Crippen LogP contribution in [-0.2, 0) is 9.53 Å². The second-order valence-electron chi connectivity index (χ2n) is 3.55. The monoisotopic (exact) mass is 263 g/mol. The third-order valence-electron chi connectivity index (χ3n) is 2.35. The maximum Gasteiger partial charge on any atom is 0.407 e. The zero-order valence-corrected chi connectivity index (χ0v) is 10.1. The lowest BCUT2D eigenvalue weighted by Gasteiger charge is -2.16. The molecule has 96 valence electrons. The van der Waals surface area contributed by atoms with Crippen LogP contribution in [0.15, 0.2) is 0 Å². The summed E-state index contributed by atoms with van der Waals surface area (Å²) in [6.45, 7) is 0.812. The zero-order chi connectivity index (χ0) is 12.8. The van der Waals surface area contributed by atoms with E-state index in [1.54, 1.807) is 0 Å². The van der Waals surface area contributed by atoms with E-state index >= 15 is 0 Å². The number of amides is 4. The van der Waals surface area contributed by atoms with E-state index in [0.717, 1.165) is 0 Å². The summed E-state index contributed by atoms with van der Waals surface area (Å²) in [4.78, 5) is 34.8. The highest BCUT2D eigenvalue weighted by atomic mass is 35.5. The van der Waals surface area contributed by atoms with Gasteiger partial charge in [-0.15, -0.1) is 11.6 Å². The Morgan fingerprint density at radius 2 is 2.18 bits per heavy atom. The fraction of sp³-hybridized carbons (Fsp3) is 0.667. The van der Waals surface area contributed by atoms with Crippen LogP contribution in [0.5, 0.6) is 0 Å². The molecule has 1 atom stereocenters. The van der Waals surface area contributed by atoms with Crippen molar-refractivity contribution in [3.05, 3.63) is 0 Å². The summed E-state index contributed by atoms with van der Waals surface area (Å²) in [5.41, 5.74) is 0. The average Bonchev–Trinajstić information content (AvgIpc) is 2.77. The number of imide groups is 1. The van der Waals surface area contributed by atoms with E-state index in [0.29, 0.717) is 19.5 Å². The number of carbonyl (C=O) groups is 3. The van der Waals surface area contributed by atoms with E-state index in [-0.39, 0.29) is 11.9 Å². The molecular formula is C9H14ClN3O4. The minimum Gasteiger partial charge on any atom is -0.453 e. The minimum absolute atomic E-state index is 0.153. The van der Waals surface area contributed by atoms with E-state index < -0.39 is 18.0 Å². The molecule has 1 aliphatic rings. The van der Waals surface area contributed by atoms with E-state index in [9.17, 15) is 14.4 Å². The first-order valence-electron chi connectivity index (χ1n) is 5.06. The molecule has 1 aliphatic heterocycles. The third-order valence-corrected chi connectivity index (χ3v) is 2.59. The summed E-state index contributed by atoms with van der Waals surface area (Å²) in [6.07, 6.45) is 0.0894. The van der Waals surface area contributed by atoms with Gasteiger partial charge in [-0.25, -0.2) is 9.59 Å². The van der Waals surface area contributed by atoms with Crippen molar-refractivity contribution in [3.63, 3.8) is 0 Å². The van der Waals surface area contributed by atoms with Crippen molar-refractivity contribution in [1.82, 2.24) is 15.5 Å². The molecule has 0 aromatic carbocycles. The Morgan fingerprint density at radius 3 is 2.76 bits per heavy atom. The van der Waals surface area contributed by atoms with Gasteiger partial charge in [0.25, 0.3) is 0 Å². The summed E-state index contributed by atoms with van der Waals surface area (Å²) >= 11 is 5.26. The molecule has 0 radical (unpaired) electrons. The summed E-state index contributed by atoms with van der Waals surface area (Å²) in [6, 6.07) is -0.649. The first-order chi connectivity index (χ1) is 8.06. The molecular weight excluding hydrogens is 250 g/mol. The predicted octanol–water partition coefficient (Wildman–Crippen LogP) is -0.108. The Bertz CT molecular complexity index is 323. The number of alkyl carbamates (subject to hydrolysis) is 1. The molecule has 1 heterocycles. The summed E-state index contributed by atoms with van der Waals surface area (Å²) in [7, 11) is 1.27. The van der Waals surface area contributed by atoms with E-state index in [1.807, 2.05) is 0 Å². The Balaban J connectivity index is 2.36. The second-order valence-corrected chi connectivity index (χ2v) is 3.82. The standard InChI is InChI=1S/C9H14ClN3O4/c1-17-9(16)11-6-2-3-13(5-6)8(15)12-7(14)4-10/h6H,2-5H2,1H3,(H,11,16)(H,12,14,15). The largest absolute Gasteiger partial charge is 0.453 e. The van der Waals surface area contributed by atoms with Crippen LogP contribution >= 0.6 is 11.6 Å². The van der Waals surface area contributed by atoms with Crippen LogP contribution in [0.3, 0.4) is 0 Å². The van der Waals surface area contributed by atoms with Crippen molar-refractivity contribution in [3.8, 4) is 0 Å². The highest BCUT2D eigenvalue weighted by molar-refractivity contribution is 6.28. The SMILES string of the molecule is COC(=O)NC1CCN(C(=O)NC(=O)CCl)C1. The molecule has 0 aromatic heterocycles. The number of alkyl halides is 1. The lowest BCUT2D eigenvalue weighted by atomic mass is 10.3. The van der Waals surface area contributed by atoms with Crippen LogP contribution < -0.4 is 10.6 Å². The van der Waals surface area contributed by atoms with E-state index in [2.05, 4.69) is 15.4 Å². The molecule has 0 aromatic rings. The Morgan fingerprint density at radius 1 is 1.47 bits per heavy atom. The summed E-state index contributed by atoms with van der Waals surface area (Å²) in [5, 5.41) is 4.72. The molecule has 7 nitrogen and oxygen atoms in total. The van der Waals surface area contributed by atoms with Crippen LogP contribution in [0, 0.1) is 0 Å². The zero-order valence-electron chi connectivity index (χ0n) is 9.36. The van der Waals surface area contributed by atoms with Crippen molar-refractivity contribution in [2.75, 3.05) is 26.1 Å². The molecule has 1 unspecified atom stereocenters. The first-order valence-corrected chi connectivity index (χ1v) is 5.59. The Kier molecular flexibility index (Phi) is 5.02. The smallest absolute Gasteiger partial charge is 0.407 e. The number of halogens is 1. The van der Waals surface area contributed by atoms with Gasteiger partial charge in [0, 0.05) is 13.1 Å². The molecule has 0 bridgehead atoms. The van der Waals surface area contributed by atoms with E-state index in [1.165, 1.54) is 12.0 Å². The molecule has 4 amide bonds. The number of nitrogens with one attached hydrogen (secondary N) is 2. The van der Waals surface area contributed by atoms with Crippen molar-refractivity contribution in [2.45, 2.75) is 12.5 Å². The second kappa shape index (κ2) is 6.29. The molecule has 17 heavy (non-hydrogen) atoms. The van der Waals surface area contributed by atoms with Crippen LogP contribution in [0.2, 0.25) is 0 Å². The number of urea groups is 1. The lowest BCUT2D eigenvalue weighted by Crippen LogP contribution is -2.44. The highest BCUT2D eigenvalue weighted by Crippen LogP contribution is 2.09. The van der Waals surface area contributed by atoms with Gasteiger partial charge in [0.2, 0.25) is 5.91 Å². The quantitative estimate of drug-likeness (QED) is 0.681. The van der Waals surface area contributed by atoms with Gasteiger partial charge >= 0.3 is 12.1 Å². The first kappa shape index (κ1) is 13.6. The molecule has 2 N–H and O–H groups in total. The van der Waals surface area contributed by atoms with Gasteiger partial charge in [-0.2, -0.15) is 0 Å². The normalized spacial score (nSPS) is 18.7. The minimum atomic E-state index is -0.541. The molecule has 0 aliphatic carbocycles. The van der Waals surface area contributed by atoms with Gasteiger partial charge in [0.1, 0.15) is 5.88 Å². The van der Waals surface area contributed by atoms with Crippen molar-refractivity contribution in [1.29, 1.82) is 0 Å². The van der Waals surface area contributed by atoms with Crippen molar-refractivity contribution in [2.24, 2.45) is 0 Å². The van der Waals surface area contributed by atoms with Crippen LogP contribution in [0.4, 0.5) is 9.59 Å². The van der Waals surface area contributed by atoms with Gasteiger partial charge in [-0.1, -0.05) is 0 Å². The molecule has 8 heteroatoms. The Labute approximate surface area is 103 Å². The third kappa shape index (κ3) is 4.10. The maximum atomic E-state index is 11.5. The number of rotatable bonds is 2. The van der Waals surface area contributed by atoms with Crippen molar-refractivity contribution < 1.29 is 19.1 Å². The molecule has 1 rings (SSSR count). The number of hydrogen-bond donors (Lipinski definition) is 2. The summed E-state index contributed by atoms with van der Waals surface area (Å²) in [5.74, 6) is -0.801. The number of carbonyl (C=O) groups excluding carboxylic acids is 3. The number of likely N-dealkylation sites (tertiary alicyclic amines) is 1. The highest BCUT2D eigenvalue weighted by Gasteiger charge is 2.28. The fourth-order valence-electron chi connectivity index (χ4n) is 1.52. The number of methoxy groups -OCH3 is 1. The van der Waals surface area contributed by atoms with E-state index in [4.69, 9.17) is 11.6 Å². The van der Waals surface area contributed by atoms with Crippen molar-refractivity contribution >= 4 is 29.6 Å². The van der Waals surface area contributed by atoms with Gasteiger partial charge in [-0.05, 0) is 6.42 Å². The lowest BCUT2D eigenvalue weighted by molar-refractivity contribution is -0.117. The fourth-order valence-corrected chi connectivity index (χ4v) is 1.59. The molecule has 1 fully saturated rings. The van der Waals surface area contributed by atoms with Crippen LogP contribution in [-0.4, -0.2) is 55.1 Å². The molecule has 1 saturated heterocycles. The number of ether oxygens (including phenoxy) is 1. The molecule has 0 spiro atoms. The summed E-state index contributed by atoms with van der Waals surface area (Å²) < 4.78 is 4.45. The van der Waals surface area contributed by atoms with Gasteiger partial charge in [0.05, 0.1) is 13.2 Å². The molecule has 0 saturated carbocycles. The number of hydrogen-bond acceptors (Lipinski definition) is 4. The number of nitrogens with zero attached hydrogens (tertiary/aromatic N) is 1. The van der Waals surface area contributed by atoms with Gasteiger partial charge < -0.3 is 15.0 Å². The topological polar surface area (TPSA) is 87.7 Å². The van der Waals surface area contributed by atoms with Gasteiger partial charge in [0.15, 0.2) is 0 Å². The van der Waals surface area contributed by atoms with Crippen LogP contribution in [0.25, 0.3) is 0 Å². The average molecular weight is 264 g/mol.